The molecule has 2 aromatic carbocycles. The molecule has 1 aliphatic carbocycles. The van der Waals surface area contributed by atoms with Gasteiger partial charge in [0.15, 0.2) is 6.29 Å². The van der Waals surface area contributed by atoms with Crippen molar-refractivity contribution in [1.29, 1.82) is 0 Å². The molecule has 29 heavy (non-hydrogen) atoms. The molecule has 5 rings (SSSR count). The molecule has 0 amide bonds. The molecule has 2 N–H and O–H groups in total. The van der Waals surface area contributed by atoms with E-state index < -0.39 is 18.2 Å². The molecule has 1 unspecified atom stereocenters. The molecule has 2 aromatic rings. The monoisotopic (exact) mass is 400 g/mol. The highest BCUT2D eigenvalue weighted by atomic mass is 16.8. The molecular weight excluding hydrogens is 372 g/mol. The number of aliphatic hydroxyl groups excluding tert-OH is 2. The Hall–Kier alpha value is -1.70. The standard InChI is InChI=1S/C23H28O6/c24-20-13-21-19(12-22(25)29-21)18(20)7-8-23(27-9-10-28-23)14-26-17-6-5-15-3-1-2-4-16(15)11-17/h1-6,11,18-22,24-25H,7-10,12-14H2/t18-,19-,20-,21+,22?/m1/s1. The first-order valence-corrected chi connectivity index (χ1v) is 10.5. The molecule has 6 heteroatoms. The van der Waals surface area contributed by atoms with Crippen molar-refractivity contribution >= 4 is 10.8 Å². The van der Waals surface area contributed by atoms with E-state index >= 15 is 0 Å². The van der Waals surface area contributed by atoms with Gasteiger partial charge in [-0.05, 0) is 41.2 Å². The highest BCUT2D eigenvalue weighted by Crippen LogP contribution is 2.45. The molecule has 0 spiro atoms. The lowest BCUT2D eigenvalue weighted by atomic mass is 9.86. The van der Waals surface area contributed by atoms with Crippen LogP contribution in [0.15, 0.2) is 42.5 Å². The molecule has 2 aliphatic heterocycles. The van der Waals surface area contributed by atoms with Crippen LogP contribution >= 0.6 is 0 Å². The number of aliphatic hydroxyl groups is 2. The first-order valence-electron chi connectivity index (χ1n) is 10.5. The van der Waals surface area contributed by atoms with E-state index in [0.717, 1.165) is 17.6 Å². The molecule has 3 aliphatic rings. The summed E-state index contributed by atoms with van der Waals surface area (Å²) in [7, 11) is 0. The van der Waals surface area contributed by atoms with Gasteiger partial charge in [-0.2, -0.15) is 0 Å². The van der Waals surface area contributed by atoms with Crippen LogP contribution in [0, 0.1) is 11.8 Å². The lowest BCUT2D eigenvalue weighted by Crippen LogP contribution is -2.38. The lowest BCUT2D eigenvalue weighted by molar-refractivity contribution is -0.185. The first kappa shape index (κ1) is 19.3. The zero-order valence-corrected chi connectivity index (χ0v) is 16.4. The van der Waals surface area contributed by atoms with Crippen LogP contribution in [0.4, 0.5) is 0 Å². The zero-order valence-electron chi connectivity index (χ0n) is 16.4. The van der Waals surface area contributed by atoms with Crippen molar-refractivity contribution in [2.45, 2.75) is 50.0 Å². The predicted octanol–water partition coefficient (Wildman–Crippen LogP) is 2.85. The third-order valence-corrected chi connectivity index (χ3v) is 6.65. The van der Waals surface area contributed by atoms with Crippen LogP contribution in [0.2, 0.25) is 0 Å². The maximum Gasteiger partial charge on any atom is 0.203 e. The summed E-state index contributed by atoms with van der Waals surface area (Å²) in [5, 5.41) is 22.6. The smallest absolute Gasteiger partial charge is 0.203 e. The van der Waals surface area contributed by atoms with E-state index in [1.54, 1.807) is 0 Å². The SMILES string of the molecule is OC1C[C@@H]2[C@@H](CCC3(COc4ccc5ccccc5c4)OCCO3)[C@H](O)C[C@@H]2O1. The minimum atomic E-state index is -0.790. The van der Waals surface area contributed by atoms with Gasteiger partial charge in [-0.15, -0.1) is 0 Å². The fourth-order valence-electron chi connectivity index (χ4n) is 5.16. The van der Waals surface area contributed by atoms with E-state index in [1.165, 1.54) is 5.39 Å². The minimum Gasteiger partial charge on any atom is -0.488 e. The Morgan fingerprint density at radius 1 is 1.00 bits per heavy atom. The Morgan fingerprint density at radius 3 is 2.62 bits per heavy atom. The van der Waals surface area contributed by atoms with Crippen molar-refractivity contribution in [1.82, 2.24) is 0 Å². The lowest BCUT2D eigenvalue weighted by Gasteiger charge is -2.30. The van der Waals surface area contributed by atoms with Crippen LogP contribution in [0.5, 0.6) is 5.75 Å². The highest BCUT2D eigenvalue weighted by Gasteiger charge is 2.50. The summed E-state index contributed by atoms with van der Waals surface area (Å²) in [6.45, 7) is 1.39. The van der Waals surface area contributed by atoms with E-state index in [4.69, 9.17) is 18.9 Å². The Labute approximate surface area is 170 Å². The molecule has 0 radical (unpaired) electrons. The van der Waals surface area contributed by atoms with Gasteiger partial charge in [-0.1, -0.05) is 30.3 Å². The normalized spacial score (nSPS) is 33.2. The van der Waals surface area contributed by atoms with Crippen molar-refractivity contribution < 1.29 is 29.2 Å². The quantitative estimate of drug-likeness (QED) is 0.777. The number of rotatable bonds is 6. The maximum atomic E-state index is 10.5. The van der Waals surface area contributed by atoms with E-state index in [1.807, 2.05) is 30.3 Å². The second-order valence-corrected chi connectivity index (χ2v) is 8.44. The van der Waals surface area contributed by atoms with Crippen LogP contribution in [0.3, 0.4) is 0 Å². The van der Waals surface area contributed by atoms with Gasteiger partial charge >= 0.3 is 0 Å². The minimum absolute atomic E-state index is 0.0415. The first-order chi connectivity index (χ1) is 14.1. The summed E-state index contributed by atoms with van der Waals surface area (Å²) in [6.07, 6.45) is 1.42. The van der Waals surface area contributed by atoms with Crippen molar-refractivity contribution in [2.24, 2.45) is 11.8 Å². The maximum absolute atomic E-state index is 10.5. The van der Waals surface area contributed by atoms with Crippen molar-refractivity contribution in [2.75, 3.05) is 19.8 Å². The molecule has 3 fully saturated rings. The van der Waals surface area contributed by atoms with Gasteiger partial charge in [0.25, 0.3) is 0 Å². The van der Waals surface area contributed by atoms with Crippen LogP contribution in [-0.4, -0.2) is 54.3 Å². The molecule has 6 nitrogen and oxygen atoms in total. The molecule has 0 aromatic heterocycles. The zero-order chi connectivity index (χ0) is 19.8. The van der Waals surface area contributed by atoms with Crippen LogP contribution in [0.25, 0.3) is 10.8 Å². The summed E-state index contributed by atoms with van der Waals surface area (Å²) >= 11 is 0. The highest BCUT2D eigenvalue weighted by molar-refractivity contribution is 5.83. The third kappa shape index (κ3) is 3.88. The summed E-state index contributed by atoms with van der Waals surface area (Å²) in [4.78, 5) is 0. The van der Waals surface area contributed by atoms with Crippen molar-refractivity contribution in [3.8, 4) is 5.75 Å². The third-order valence-electron chi connectivity index (χ3n) is 6.65. The summed E-state index contributed by atoms with van der Waals surface area (Å²) < 4.78 is 23.5. The molecule has 156 valence electrons. The summed E-state index contributed by atoms with van der Waals surface area (Å²) in [5.41, 5.74) is 0. The number of ether oxygens (including phenoxy) is 4. The Kier molecular flexibility index (Phi) is 5.22. The second-order valence-electron chi connectivity index (χ2n) is 8.44. The van der Waals surface area contributed by atoms with E-state index in [0.29, 0.717) is 39.1 Å². The fourth-order valence-corrected chi connectivity index (χ4v) is 5.16. The largest absolute Gasteiger partial charge is 0.488 e. The van der Waals surface area contributed by atoms with Gasteiger partial charge in [0.05, 0.1) is 25.4 Å². The summed E-state index contributed by atoms with van der Waals surface area (Å²) in [6, 6.07) is 14.2. The number of benzene rings is 2. The van der Waals surface area contributed by atoms with Gasteiger partial charge in [0.2, 0.25) is 5.79 Å². The van der Waals surface area contributed by atoms with Gasteiger partial charge in [-0.3, -0.25) is 0 Å². The van der Waals surface area contributed by atoms with E-state index in [2.05, 4.69) is 12.1 Å². The average Bonchev–Trinajstić information content (AvgIpc) is 3.40. The molecule has 0 bridgehead atoms. The van der Waals surface area contributed by atoms with Gasteiger partial charge in [0.1, 0.15) is 12.4 Å². The number of hydrogen-bond donors (Lipinski definition) is 2. The summed E-state index contributed by atoms with van der Waals surface area (Å²) in [5.74, 6) is 0.277. The van der Waals surface area contributed by atoms with E-state index in [-0.39, 0.29) is 17.9 Å². The Bertz CT molecular complexity index is 848. The molecule has 1 saturated carbocycles. The Balaban J connectivity index is 1.24. The molecule has 2 heterocycles. The van der Waals surface area contributed by atoms with E-state index in [9.17, 15) is 10.2 Å². The van der Waals surface area contributed by atoms with Crippen LogP contribution in [-0.2, 0) is 14.2 Å². The molecule has 5 atom stereocenters. The Morgan fingerprint density at radius 2 is 1.79 bits per heavy atom. The van der Waals surface area contributed by atoms with Crippen molar-refractivity contribution in [3.63, 3.8) is 0 Å². The predicted molar refractivity (Wildman–Crippen MR) is 106 cm³/mol. The fraction of sp³-hybridized carbons (Fsp3) is 0.565. The average molecular weight is 400 g/mol. The second kappa shape index (κ2) is 7.85. The molecule has 2 saturated heterocycles. The number of fused-ring (bicyclic) bond motifs is 2. The van der Waals surface area contributed by atoms with Gasteiger partial charge < -0.3 is 29.2 Å². The van der Waals surface area contributed by atoms with Crippen LogP contribution < -0.4 is 4.74 Å². The van der Waals surface area contributed by atoms with Gasteiger partial charge in [0, 0.05) is 19.3 Å². The van der Waals surface area contributed by atoms with Gasteiger partial charge in [-0.25, -0.2) is 0 Å². The number of hydrogen-bond acceptors (Lipinski definition) is 6. The van der Waals surface area contributed by atoms with Crippen LogP contribution in [0.1, 0.15) is 25.7 Å². The van der Waals surface area contributed by atoms with Crippen molar-refractivity contribution in [3.05, 3.63) is 42.5 Å². The topological polar surface area (TPSA) is 77.4 Å². The molecular formula is C23H28O6.